The molecule has 2 fully saturated rings. The predicted molar refractivity (Wildman–Crippen MR) is 105 cm³/mol. The van der Waals surface area contributed by atoms with Crippen molar-refractivity contribution in [1.82, 2.24) is 19.9 Å². The van der Waals surface area contributed by atoms with Crippen LogP contribution in [0.25, 0.3) is 11.1 Å². The summed E-state index contributed by atoms with van der Waals surface area (Å²) in [6.07, 6.45) is 4.35. The molecule has 8 heteroatoms. The zero-order valence-corrected chi connectivity index (χ0v) is 16.4. The van der Waals surface area contributed by atoms with Gasteiger partial charge in [0.05, 0.1) is 11.1 Å². The molecule has 1 N–H and O–H groups in total. The summed E-state index contributed by atoms with van der Waals surface area (Å²) in [7, 11) is 0. The number of aromatic nitrogens is 3. The zero-order chi connectivity index (χ0) is 20.2. The number of halogens is 1. The van der Waals surface area contributed by atoms with Crippen LogP contribution in [0.3, 0.4) is 0 Å². The first-order valence-corrected chi connectivity index (χ1v) is 9.88. The quantitative estimate of drug-likeness (QED) is 0.726. The van der Waals surface area contributed by atoms with Gasteiger partial charge in [-0.15, -0.1) is 0 Å². The summed E-state index contributed by atoms with van der Waals surface area (Å²) in [5.41, 5.74) is 0.811. The summed E-state index contributed by atoms with van der Waals surface area (Å²) in [4.78, 5) is 27.8. The second-order valence-corrected chi connectivity index (χ2v) is 8.26. The highest BCUT2D eigenvalue weighted by Gasteiger charge is 2.38. The topological polar surface area (TPSA) is 84.2 Å². The van der Waals surface area contributed by atoms with Gasteiger partial charge >= 0.3 is 0 Å². The number of rotatable bonds is 4. The lowest BCUT2D eigenvalue weighted by Gasteiger charge is -2.17. The summed E-state index contributed by atoms with van der Waals surface area (Å²) in [6, 6.07) is 4.85. The van der Waals surface area contributed by atoms with E-state index in [1.165, 1.54) is 6.07 Å². The number of anilines is 1. The molecule has 1 saturated carbocycles. The third-order valence-electron chi connectivity index (χ3n) is 5.78. The highest BCUT2D eigenvalue weighted by Crippen LogP contribution is 2.39. The normalized spacial score (nSPS) is 20.2. The maximum absolute atomic E-state index is 14.1. The van der Waals surface area contributed by atoms with Crippen molar-refractivity contribution in [2.24, 2.45) is 0 Å². The van der Waals surface area contributed by atoms with Gasteiger partial charge in [0.15, 0.2) is 0 Å². The van der Waals surface area contributed by atoms with Gasteiger partial charge in [-0.2, -0.15) is 4.98 Å². The van der Waals surface area contributed by atoms with Crippen molar-refractivity contribution in [1.29, 1.82) is 0 Å². The predicted octanol–water partition coefficient (Wildman–Crippen LogP) is 3.66. The maximum atomic E-state index is 14.1. The number of furan rings is 1. The van der Waals surface area contributed by atoms with Crippen LogP contribution in [0.15, 0.2) is 28.8 Å². The fourth-order valence-corrected chi connectivity index (χ4v) is 3.84. The molecule has 3 aromatic heterocycles. The Balaban J connectivity index is 1.43. The van der Waals surface area contributed by atoms with Crippen LogP contribution in [0.5, 0.6) is 0 Å². The second kappa shape index (κ2) is 6.50. The highest BCUT2D eigenvalue weighted by atomic mass is 19.1. The van der Waals surface area contributed by atoms with Crippen molar-refractivity contribution in [3.63, 3.8) is 0 Å². The summed E-state index contributed by atoms with van der Waals surface area (Å²) in [6.45, 7) is 4.88. The van der Waals surface area contributed by atoms with E-state index in [1.807, 2.05) is 13.0 Å². The van der Waals surface area contributed by atoms with Gasteiger partial charge in [-0.3, -0.25) is 9.78 Å². The van der Waals surface area contributed by atoms with Gasteiger partial charge in [0, 0.05) is 30.7 Å². The molecule has 0 aromatic carbocycles. The van der Waals surface area contributed by atoms with Crippen molar-refractivity contribution in [2.45, 2.75) is 44.6 Å². The van der Waals surface area contributed by atoms with E-state index in [9.17, 15) is 9.18 Å². The minimum absolute atomic E-state index is 0.00200. The highest BCUT2D eigenvalue weighted by molar-refractivity contribution is 5.95. The maximum Gasteiger partial charge on any atom is 0.291 e. The molecule has 7 nitrogen and oxygen atoms in total. The Hall–Kier alpha value is -3.03. The van der Waals surface area contributed by atoms with Gasteiger partial charge in [0.25, 0.3) is 5.91 Å². The molecule has 2 aliphatic rings. The first-order chi connectivity index (χ1) is 13.9. The fraction of sp³-hybridized carbons (Fsp3) is 0.429. The zero-order valence-electron chi connectivity index (χ0n) is 16.4. The van der Waals surface area contributed by atoms with Gasteiger partial charge in [-0.05, 0) is 51.3 Å². The van der Waals surface area contributed by atoms with Crippen LogP contribution in [0, 0.1) is 12.7 Å². The standard InChI is InChI=1S/C21H22FN5O2/c1-12-10-14-17(26-21(2)6-7-21)24-18(25-19(14)29-12)20(28)27-9-5-13(11-27)16-15(22)4-3-8-23-16/h3-4,8,10,13H,5-7,9,11H2,1-2H3,(H,24,25,26). The van der Waals surface area contributed by atoms with E-state index in [1.54, 1.807) is 17.2 Å². The molecule has 1 aliphatic carbocycles. The molecule has 5 rings (SSSR count). The third-order valence-corrected chi connectivity index (χ3v) is 5.78. The number of nitrogens with one attached hydrogen (secondary N) is 1. The summed E-state index contributed by atoms with van der Waals surface area (Å²) >= 11 is 0. The lowest BCUT2D eigenvalue weighted by Crippen LogP contribution is -2.30. The smallest absolute Gasteiger partial charge is 0.291 e. The van der Waals surface area contributed by atoms with Crippen molar-refractivity contribution in [2.75, 3.05) is 18.4 Å². The summed E-state index contributed by atoms with van der Waals surface area (Å²) in [5, 5.41) is 4.21. The molecular formula is C21H22FN5O2. The molecule has 1 aliphatic heterocycles. The molecule has 1 saturated heterocycles. The van der Waals surface area contributed by atoms with E-state index in [0.29, 0.717) is 36.7 Å². The second-order valence-electron chi connectivity index (χ2n) is 8.26. The van der Waals surface area contributed by atoms with Crippen LogP contribution in [0.4, 0.5) is 10.2 Å². The Kier molecular flexibility index (Phi) is 4.04. The molecule has 1 atom stereocenters. The van der Waals surface area contributed by atoms with Gasteiger partial charge in [-0.1, -0.05) is 0 Å². The molecule has 1 unspecified atom stereocenters. The Bertz CT molecular complexity index is 1110. The van der Waals surface area contributed by atoms with Crippen LogP contribution in [0.2, 0.25) is 0 Å². The molecule has 1 amide bonds. The number of nitrogens with zero attached hydrogens (tertiary/aromatic N) is 4. The number of fused-ring (bicyclic) bond motifs is 1. The van der Waals surface area contributed by atoms with Gasteiger partial charge in [0.2, 0.25) is 11.5 Å². The number of likely N-dealkylation sites (tertiary alicyclic amines) is 1. The van der Waals surface area contributed by atoms with Crippen LogP contribution >= 0.6 is 0 Å². The number of carbonyl (C=O) groups excluding carboxylic acids is 1. The number of hydrogen-bond donors (Lipinski definition) is 1. The lowest BCUT2D eigenvalue weighted by atomic mass is 10.0. The van der Waals surface area contributed by atoms with E-state index < -0.39 is 0 Å². The summed E-state index contributed by atoms with van der Waals surface area (Å²) < 4.78 is 19.8. The number of amides is 1. The monoisotopic (exact) mass is 395 g/mol. The van der Waals surface area contributed by atoms with Crippen LogP contribution in [0.1, 0.15) is 54.2 Å². The average molecular weight is 395 g/mol. The number of pyridine rings is 1. The van der Waals surface area contributed by atoms with E-state index in [4.69, 9.17) is 4.42 Å². The number of aryl methyl sites for hydroxylation is 1. The van der Waals surface area contributed by atoms with Crippen molar-refractivity contribution >= 4 is 22.8 Å². The molecule has 0 spiro atoms. The average Bonchev–Trinajstić information content (AvgIpc) is 3.08. The van der Waals surface area contributed by atoms with Crippen LogP contribution in [-0.2, 0) is 0 Å². The molecule has 0 radical (unpaired) electrons. The molecule has 150 valence electrons. The Morgan fingerprint density at radius 2 is 2.21 bits per heavy atom. The van der Waals surface area contributed by atoms with Crippen LogP contribution < -0.4 is 5.32 Å². The first-order valence-electron chi connectivity index (χ1n) is 9.88. The Morgan fingerprint density at radius 3 is 2.97 bits per heavy atom. The van der Waals surface area contributed by atoms with Crippen molar-refractivity contribution < 1.29 is 13.6 Å². The van der Waals surface area contributed by atoms with Gasteiger partial charge < -0.3 is 14.6 Å². The SMILES string of the molecule is Cc1cc2c(NC3(C)CC3)nc(C(=O)N3CCC(c4ncccc4F)C3)nc2o1. The van der Waals surface area contributed by atoms with E-state index >= 15 is 0 Å². The lowest BCUT2D eigenvalue weighted by molar-refractivity contribution is 0.0778. The molecule has 0 bridgehead atoms. The van der Waals surface area contributed by atoms with E-state index in [-0.39, 0.29) is 29.0 Å². The van der Waals surface area contributed by atoms with Gasteiger partial charge in [0.1, 0.15) is 17.4 Å². The minimum Gasteiger partial charge on any atom is -0.443 e. The first kappa shape index (κ1) is 18.0. The van der Waals surface area contributed by atoms with Gasteiger partial charge in [-0.25, -0.2) is 9.37 Å². The number of carbonyl (C=O) groups is 1. The van der Waals surface area contributed by atoms with Crippen molar-refractivity contribution in [3.8, 4) is 0 Å². The van der Waals surface area contributed by atoms with Crippen LogP contribution in [-0.4, -0.2) is 44.4 Å². The minimum atomic E-state index is -0.334. The Morgan fingerprint density at radius 1 is 1.38 bits per heavy atom. The molecule has 29 heavy (non-hydrogen) atoms. The summed E-state index contributed by atoms with van der Waals surface area (Å²) in [5.74, 6) is 0.707. The Labute approximate surface area is 167 Å². The fourth-order valence-electron chi connectivity index (χ4n) is 3.84. The van der Waals surface area contributed by atoms with E-state index in [0.717, 1.165) is 24.0 Å². The largest absolute Gasteiger partial charge is 0.443 e. The third kappa shape index (κ3) is 3.32. The molecule has 3 aromatic rings. The van der Waals surface area contributed by atoms with E-state index in [2.05, 4.69) is 27.2 Å². The number of hydrogen-bond acceptors (Lipinski definition) is 6. The molecule has 4 heterocycles. The molecular weight excluding hydrogens is 373 g/mol. The van der Waals surface area contributed by atoms with Crippen molar-refractivity contribution in [3.05, 3.63) is 47.5 Å².